The second-order valence-electron chi connectivity index (χ2n) is 12.4. The van der Waals surface area contributed by atoms with Gasteiger partial charge in [-0.3, -0.25) is 34.0 Å². The number of aryl methyl sites for hydroxylation is 1. The van der Waals surface area contributed by atoms with Gasteiger partial charge in [0.15, 0.2) is 0 Å². The lowest BCUT2D eigenvalue weighted by molar-refractivity contribution is -0.155. The molecule has 0 radical (unpaired) electrons. The molecule has 3 amide bonds. The van der Waals surface area contributed by atoms with Gasteiger partial charge in [0.1, 0.15) is 24.2 Å². The molecule has 4 N–H and O–H groups in total. The summed E-state index contributed by atoms with van der Waals surface area (Å²) in [4.78, 5) is 68.7. The van der Waals surface area contributed by atoms with E-state index in [-0.39, 0.29) is 5.92 Å². The fourth-order valence-corrected chi connectivity index (χ4v) is 5.05. The van der Waals surface area contributed by atoms with E-state index in [1.54, 1.807) is 46.8 Å². The third kappa shape index (κ3) is 9.59. The van der Waals surface area contributed by atoms with E-state index in [4.69, 9.17) is 4.74 Å². The van der Waals surface area contributed by atoms with Gasteiger partial charge < -0.3 is 20.5 Å². The van der Waals surface area contributed by atoms with E-state index >= 15 is 0 Å². The molecule has 12 nitrogen and oxygen atoms in total. The molecule has 5 unspecified atom stereocenters. The van der Waals surface area contributed by atoms with Gasteiger partial charge >= 0.3 is 11.9 Å². The first kappa shape index (κ1) is 36.2. The summed E-state index contributed by atoms with van der Waals surface area (Å²) in [5.74, 6) is -4.79. The molecule has 1 aromatic heterocycles. The quantitative estimate of drug-likeness (QED) is 0.241. The fourth-order valence-electron chi connectivity index (χ4n) is 5.05. The minimum absolute atomic E-state index is 0.307. The number of ether oxygens (including phenoxy) is 1. The first-order valence-electron chi connectivity index (χ1n) is 15.9. The fraction of sp³-hybridized carbons (Fsp3) is 0.529. The van der Waals surface area contributed by atoms with Crippen molar-refractivity contribution in [2.75, 3.05) is 6.54 Å². The summed E-state index contributed by atoms with van der Waals surface area (Å²) in [5, 5.41) is 17.0. The topological polar surface area (TPSA) is 167 Å². The second kappa shape index (κ2) is 16.3. The van der Waals surface area contributed by atoms with Gasteiger partial charge in [-0.05, 0) is 56.7 Å². The summed E-state index contributed by atoms with van der Waals surface area (Å²) in [6, 6.07) is 6.89. The number of hydrazine groups is 1. The predicted molar refractivity (Wildman–Crippen MR) is 174 cm³/mol. The molecule has 12 heteroatoms. The van der Waals surface area contributed by atoms with Crippen LogP contribution in [0.5, 0.6) is 0 Å². The first-order chi connectivity index (χ1) is 21.7. The highest BCUT2D eigenvalue weighted by molar-refractivity contribution is 5.93. The number of fused-ring (bicyclic) bond motifs is 1. The largest absolute Gasteiger partial charge is 0.480 e. The second-order valence-corrected chi connectivity index (χ2v) is 12.4. The number of esters is 1. The molecule has 2 heterocycles. The Morgan fingerprint density at radius 1 is 1.04 bits per heavy atom. The Bertz CT molecular complexity index is 1460. The van der Waals surface area contributed by atoms with Crippen molar-refractivity contribution in [2.45, 2.75) is 92.0 Å². The average Bonchev–Trinajstić information content (AvgIpc) is 3.02. The molecular weight excluding hydrogens is 590 g/mol. The number of rotatable bonds is 13. The van der Waals surface area contributed by atoms with Gasteiger partial charge in [-0.15, -0.1) is 0 Å². The van der Waals surface area contributed by atoms with E-state index in [1.165, 1.54) is 11.9 Å². The first-order valence-corrected chi connectivity index (χ1v) is 15.9. The number of amides is 3. The molecule has 3 rings (SSSR count). The van der Waals surface area contributed by atoms with Gasteiger partial charge in [-0.2, -0.15) is 0 Å². The maximum absolute atomic E-state index is 13.8. The highest BCUT2D eigenvalue weighted by Crippen LogP contribution is 2.20. The molecule has 1 aliphatic rings. The highest BCUT2D eigenvalue weighted by Gasteiger charge is 2.34. The van der Waals surface area contributed by atoms with Crippen LogP contribution >= 0.6 is 0 Å². The van der Waals surface area contributed by atoms with Gasteiger partial charge in [0.2, 0.25) is 11.8 Å². The standard InChI is InChI=1S/C34H47N5O7/c1-8-25-15-14-24-13-11-23(18-28(24)36-25)12-16-26(22(7)46-34(45)20(4)5)30(40)37-29(19(2)3)31(41)35-21(6)32(42)39-17-9-10-27(38-39)33(43)44/h11-16,18-22,26-27,29,38H,8-10,17H2,1-7H3,(H,35,41)(H,37,40)(H,43,44). The zero-order valence-electron chi connectivity index (χ0n) is 27.7. The van der Waals surface area contributed by atoms with Crippen LogP contribution in [-0.4, -0.2) is 75.5 Å². The molecule has 0 aliphatic carbocycles. The van der Waals surface area contributed by atoms with Crippen LogP contribution in [0.2, 0.25) is 0 Å². The number of hydrogen-bond donors (Lipinski definition) is 4. The maximum atomic E-state index is 13.8. The molecular formula is C34H47N5O7. The van der Waals surface area contributed by atoms with Crippen molar-refractivity contribution in [1.82, 2.24) is 26.1 Å². The molecule has 250 valence electrons. The molecule has 0 saturated carbocycles. The van der Waals surface area contributed by atoms with E-state index < -0.39 is 65.7 Å². The SMILES string of the molecule is CCc1ccc2ccc(C=CC(C(=O)NC(C(=O)NC(C)C(=O)N3CCCC(C(=O)O)N3)C(C)C)C(C)OC(=O)C(C)C)cc2n1. The van der Waals surface area contributed by atoms with Crippen molar-refractivity contribution in [3.63, 3.8) is 0 Å². The number of carbonyl (C=O) groups is 5. The van der Waals surface area contributed by atoms with E-state index in [0.717, 1.165) is 28.6 Å². The third-order valence-electron chi connectivity index (χ3n) is 7.94. The van der Waals surface area contributed by atoms with Crippen LogP contribution in [0.4, 0.5) is 0 Å². The molecule has 46 heavy (non-hydrogen) atoms. The zero-order chi connectivity index (χ0) is 34.1. The van der Waals surface area contributed by atoms with Crippen LogP contribution in [0, 0.1) is 17.8 Å². The number of aromatic nitrogens is 1. The smallest absolute Gasteiger partial charge is 0.322 e. The van der Waals surface area contributed by atoms with Crippen molar-refractivity contribution in [1.29, 1.82) is 0 Å². The Morgan fingerprint density at radius 3 is 2.37 bits per heavy atom. The molecule has 1 aliphatic heterocycles. The lowest BCUT2D eigenvalue weighted by Crippen LogP contribution is -2.61. The van der Waals surface area contributed by atoms with Crippen molar-refractivity contribution >= 4 is 46.6 Å². The Labute approximate surface area is 270 Å². The number of pyridine rings is 1. The lowest BCUT2D eigenvalue weighted by Gasteiger charge is -2.34. The molecule has 0 bridgehead atoms. The van der Waals surface area contributed by atoms with Crippen LogP contribution < -0.4 is 16.1 Å². The van der Waals surface area contributed by atoms with Crippen molar-refractivity contribution in [3.8, 4) is 0 Å². The predicted octanol–water partition coefficient (Wildman–Crippen LogP) is 3.24. The number of benzene rings is 1. The highest BCUT2D eigenvalue weighted by atomic mass is 16.5. The molecule has 5 atom stereocenters. The summed E-state index contributed by atoms with van der Waals surface area (Å²) in [6.45, 7) is 12.4. The van der Waals surface area contributed by atoms with Crippen molar-refractivity contribution < 1.29 is 33.8 Å². The normalized spacial score (nSPS) is 17.8. The van der Waals surface area contributed by atoms with Crippen LogP contribution in [0.15, 0.2) is 36.4 Å². The Morgan fingerprint density at radius 2 is 1.74 bits per heavy atom. The van der Waals surface area contributed by atoms with Crippen LogP contribution in [0.3, 0.4) is 0 Å². The Hall–Kier alpha value is -4.32. The number of carbonyl (C=O) groups excluding carboxylic acids is 4. The number of hydrogen-bond acceptors (Lipinski definition) is 8. The van der Waals surface area contributed by atoms with Crippen LogP contribution in [0.25, 0.3) is 17.0 Å². The number of nitrogens with zero attached hydrogens (tertiary/aromatic N) is 2. The number of aliphatic carboxylic acids is 1. The minimum atomic E-state index is -1.06. The number of carboxylic acids is 1. The van der Waals surface area contributed by atoms with Gasteiger partial charge in [-0.1, -0.05) is 65.0 Å². The summed E-state index contributed by atoms with van der Waals surface area (Å²) in [5.41, 5.74) is 5.28. The van der Waals surface area contributed by atoms with E-state index in [1.807, 2.05) is 37.3 Å². The van der Waals surface area contributed by atoms with Crippen molar-refractivity contribution in [2.24, 2.45) is 17.8 Å². The Balaban J connectivity index is 1.79. The number of nitrogens with one attached hydrogen (secondary N) is 3. The van der Waals surface area contributed by atoms with E-state index in [2.05, 4.69) is 21.0 Å². The molecule has 1 aromatic carbocycles. The summed E-state index contributed by atoms with van der Waals surface area (Å²) < 4.78 is 5.61. The molecule has 2 aromatic rings. The van der Waals surface area contributed by atoms with Crippen LogP contribution in [-0.2, 0) is 35.1 Å². The summed E-state index contributed by atoms with van der Waals surface area (Å²) in [7, 11) is 0. The molecule has 0 spiro atoms. The third-order valence-corrected chi connectivity index (χ3v) is 7.94. The Kier molecular flexibility index (Phi) is 12.8. The number of carboxylic acid groups (broad SMARTS) is 1. The average molecular weight is 638 g/mol. The van der Waals surface area contributed by atoms with Gasteiger partial charge in [0, 0.05) is 17.6 Å². The molecule has 1 fully saturated rings. The monoisotopic (exact) mass is 637 g/mol. The summed E-state index contributed by atoms with van der Waals surface area (Å²) >= 11 is 0. The van der Waals surface area contributed by atoms with Gasteiger partial charge in [-0.25, -0.2) is 5.43 Å². The van der Waals surface area contributed by atoms with Crippen LogP contribution in [0.1, 0.15) is 72.6 Å². The van der Waals surface area contributed by atoms with E-state index in [0.29, 0.717) is 19.4 Å². The van der Waals surface area contributed by atoms with Gasteiger partial charge in [0.05, 0.1) is 17.4 Å². The van der Waals surface area contributed by atoms with Crippen molar-refractivity contribution in [3.05, 3.63) is 47.7 Å². The molecule has 1 saturated heterocycles. The summed E-state index contributed by atoms with van der Waals surface area (Å²) in [6.07, 6.45) is 4.27. The van der Waals surface area contributed by atoms with Gasteiger partial charge in [0.25, 0.3) is 5.91 Å². The zero-order valence-corrected chi connectivity index (χ0v) is 27.7. The van der Waals surface area contributed by atoms with E-state index in [9.17, 15) is 29.1 Å². The lowest BCUT2D eigenvalue weighted by atomic mass is 9.97. The maximum Gasteiger partial charge on any atom is 0.322 e. The minimum Gasteiger partial charge on any atom is -0.480 e.